The van der Waals surface area contributed by atoms with E-state index in [2.05, 4.69) is 22.2 Å². The molecule has 3 heterocycles. The van der Waals surface area contributed by atoms with Crippen molar-refractivity contribution < 1.29 is 4.74 Å². The maximum atomic E-state index is 5.23. The summed E-state index contributed by atoms with van der Waals surface area (Å²) in [6.45, 7) is 7.42. The lowest BCUT2D eigenvalue weighted by atomic mass is 10.1. The molecule has 0 spiro atoms. The van der Waals surface area contributed by atoms with E-state index in [9.17, 15) is 0 Å². The average Bonchev–Trinajstić information content (AvgIpc) is 3.43. The van der Waals surface area contributed by atoms with Crippen molar-refractivity contribution >= 4 is 30.6 Å². The lowest BCUT2D eigenvalue weighted by molar-refractivity contribution is 0.159. The molecule has 8 heteroatoms. The zero-order valence-electron chi connectivity index (χ0n) is 17.2. The largest absolute Gasteiger partial charge is 0.383 e. The second kappa shape index (κ2) is 10.9. The lowest BCUT2D eigenvalue weighted by Gasteiger charge is -2.26. The summed E-state index contributed by atoms with van der Waals surface area (Å²) in [6.07, 6.45) is 5.88. The zero-order valence-corrected chi connectivity index (χ0v) is 18.8. The van der Waals surface area contributed by atoms with Gasteiger partial charge in [-0.2, -0.15) is 0 Å². The molecule has 3 aliphatic rings. The summed E-state index contributed by atoms with van der Waals surface area (Å²) in [4.78, 5) is 15.0. The smallest absolute Gasteiger partial charge is 0.135 e. The second-order valence-corrected chi connectivity index (χ2v) is 8.18. The van der Waals surface area contributed by atoms with E-state index in [1.165, 1.54) is 49.4 Å². The van der Waals surface area contributed by atoms with Gasteiger partial charge < -0.3 is 19.9 Å². The Morgan fingerprint density at radius 1 is 1.14 bits per heavy atom. The number of nitrogens with zero attached hydrogens (tertiary/aromatic N) is 4. The summed E-state index contributed by atoms with van der Waals surface area (Å²) >= 11 is 0. The third-order valence-electron chi connectivity index (χ3n) is 6.00. The molecule has 0 aromatic carbocycles. The van der Waals surface area contributed by atoms with Crippen molar-refractivity contribution in [2.45, 2.75) is 38.0 Å². The van der Waals surface area contributed by atoms with Gasteiger partial charge in [-0.3, -0.25) is 0 Å². The van der Waals surface area contributed by atoms with E-state index < -0.39 is 0 Å². The molecule has 1 unspecified atom stereocenters. The van der Waals surface area contributed by atoms with Crippen LogP contribution in [-0.2, 0) is 17.6 Å². The Morgan fingerprint density at radius 3 is 2.68 bits per heavy atom. The van der Waals surface area contributed by atoms with E-state index in [4.69, 9.17) is 14.7 Å². The number of nitrogens with one attached hydrogen (secondary N) is 1. The molecule has 1 atom stereocenters. The number of hydrogen-bond donors (Lipinski definition) is 1. The van der Waals surface area contributed by atoms with E-state index >= 15 is 0 Å². The van der Waals surface area contributed by atoms with Crippen LogP contribution in [0.4, 0.5) is 5.82 Å². The van der Waals surface area contributed by atoms with Crippen molar-refractivity contribution in [1.82, 2.24) is 20.2 Å². The fourth-order valence-electron chi connectivity index (χ4n) is 4.34. The predicted molar refractivity (Wildman–Crippen MR) is 118 cm³/mol. The molecule has 6 nitrogen and oxygen atoms in total. The van der Waals surface area contributed by atoms with E-state index in [0.29, 0.717) is 5.92 Å². The summed E-state index contributed by atoms with van der Waals surface area (Å²) < 4.78 is 5.23. The Morgan fingerprint density at radius 2 is 1.93 bits per heavy atom. The molecule has 28 heavy (non-hydrogen) atoms. The highest BCUT2D eigenvalue weighted by Crippen LogP contribution is 2.39. The molecular weight excluding hydrogens is 397 g/mol. The van der Waals surface area contributed by atoms with Gasteiger partial charge in [0.15, 0.2) is 0 Å². The van der Waals surface area contributed by atoms with E-state index in [1.807, 2.05) is 0 Å². The minimum absolute atomic E-state index is 0. The summed E-state index contributed by atoms with van der Waals surface area (Å²) in [5, 5.41) is 3.52. The first-order valence-corrected chi connectivity index (χ1v) is 10.3. The van der Waals surface area contributed by atoms with Crippen LogP contribution in [0.1, 0.15) is 42.3 Å². The van der Waals surface area contributed by atoms with Crippen LogP contribution in [-0.4, -0.2) is 74.9 Å². The standard InChI is InChI=1S/C20H33N5O.2ClH/c1-24(13-15-7-10-25(14-15)11-12-26-2)20-17-5-8-21-9-6-18(17)22-19(23-20)16-3-4-16;;/h15-16,21H,3-14H2,1-2H3;2*1H. The van der Waals surface area contributed by atoms with Crippen molar-refractivity contribution in [2.75, 3.05) is 64.9 Å². The molecule has 2 aliphatic heterocycles. The molecule has 1 saturated carbocycles. The molecule has 4 rings (SSSR count). The van der Waals surface area contributed by atoms with Gasteiger partial charge in [0.05, 0.1) is 12.3 Å². The fourth-order valence-corrected chi connectivity index (χ4v) is 4.34. The lowest BCUT2D eigenvalue weighted by Crippen LogP contribution is -2.31. The highest BCUT2D eigenvalue weighted by molar-refractivity contribution is 5.85. The highest BCUT2D eigenvalue weighted by Gasteiger charge is 2.30. The zero-order chi connectivity index (χ0) is 17.9. The minimum Gasteiger partial charge on any atom is -0.383 e. The Bertz CT molecular complexity index is 629. The molecule has 2 fully saturated rings. The minimum atomic E-state index is 0. The van der Waals surface area contributed by atoms with Crippen molar-refractivity contribution in [1.29, 1.82) is 0 Å². The number of likely N-dealkylation sites (tertiary alicyclic amines) is 1. The van der Waals surface area contributed by atoms with Gasteiger partial charge in [0.2, 0.25) is 0 Å². The molecule has 0 radical (unpaired) electrons. The molecule has 1 saturated heterocycles. The Kier molecular flexibility index (Phi) is 9.22. The van der Waals surface area contributed by atoms with Crippen LogP contribution < -0.4 is 10.2 Å². The highest BCUT2D eigenvalue weighted by atomic mass is 35.5. The topological polar surface area (TPSA) is 53.5 Å². The molecule has 0 bridgehead atoms. The Hall–Kier alpha value is -0.660. The summed E-state index contributed by atoms with van der Waals surface area (Å²) in [5.41, 5.74) is 2.68. The van der Waals surface area contributed by atoms with E-state index in [0.717, 1.165) is 57.4 Å². The van der Waals surface area contributed by atoms with Gasteiger partial charge in [-0.1, -0.05) is 0 Å². The third-order valence-corrected chi connectivity index (χ3v) is 6.00. The van der Waals surface area contributed by atoms with Crippen molar-refractivity contribution in [3.8, 4) is 0 Å². The number of hydrogen-bond acceptors (Lipinski definition) is 6. The Balaban J connectivity index is 0.00000140. The van der Waals surface area contributed by atoms with Gasteiger partial charge in [0, 0.05) is 58.2 Å². The second-order valence-electron chi connectivity index (χ2n) is 8.18. The van der Waals surface area contributed by atoms with Gasteiger partial charge in [0.1, 0.15) is 11.6 Å². The normalized spacial score (nSPS) is 22.0. The van der Waals surface area contributed by atoms with Crippen molar-refractivity contribution in [3.05, 3.63) is 17.1 Å². The molecule has 1 N–H and O–H groups in total. The van der Waals surface area contributed by atoms with Gasteiger partial charge in [-0.25, -0.2) is 9.97 Å². The summed E-state index contributed by atoms with van der Waals surface area (Å²) in [7, 11) is 4.02. The third kappa shape index (κ3) is 5.70. The molecule has 1 aromatic rings. The molecule has 0 amide bonds. The molecular formula is C20H35Cl2N5O. The number of ether oxygens (including phenoxy) is 1. The van der Waals surface area contributed by atoms with Gasteiger partial charge in [0.25, 0.3) is 0 Å². The average molecular weight is 432 g/mol. The number of halogens is 2. The van der Waals surface area contributed by atoms with Crippen LogP contribution in [0.2, 0.25) is 0 Å². The van der Waals surface area contributed by atoms with Crippen LogP contribution in [0.25, 0.3) is 0 Å². The number of fused-ring (bicyclic) bond motifs is 1. The van der Waals surface area contributed by atoms with Crippen LogP contribution in [0.15, 0.2) is 0 Å². The van der Waals surface area contributed by atoms with E-state index in [1.54, 1.807) is 7.11 Å². The first-order chi connectivity index (χ1) is 12.7. The van der Waals surface area contributed by atoms with Gasteiger partial charge in [-0.05, 0) is 44.7 Å². The van der Waals surface area contributed by atoms with E-state index in [-0.39, 0.29) is 24.8 Å². The number of rotatable bonds is 7. The molecule has 160 valence electrons. The predicted octanol–water partition coefficient (Wildman–Crippen LogP) is 2.29. The van der Waals surface area contributed by atoms with Crippen LogP contribution in [0.3, 0.4) is 0 Å². The van der Waals surface area contributed by atoms with Gasteiger partial charge >= 0.3 is 0 Å². The fraction of sp³-hybridized carbons (Fsp3) is 0.800. The van der Waals surface area contributed by atoms with Crippen molar-refractivity contribution in [3.63, 3.8) is 0 Å². The SMILES string of the molecule is COCCN1CCC(CN(C)c2nc(C3CC3)nc3c2CCNCC3)C1.Cl.Cl. The number of aromatic nitrogens is 2. The Labute approximate surface area is 181 Å². The molecule has 1 aliphatic carbocycles. The maximum absolute atomic E-state index is 5.23. The quantitative estimate of drug-likeness (QED) is 0.714. The van der Waals surface area contributed by atoms with Crippen LogP contribution in [0, 0.1) is 5.92 Å². The van der Waals surface area contributed by atoms with Gasteiger partial charge in [-0.15, -0.1) is 24.8 Å². The monoisotopic (exact) mass is 431 g/mol. The summed E-state index contributed by atoms with van der Waals surface area (Å²) in [5.74, 6) is 3.63. The first-order valence-electron chi connectivity index (χ1n) is 10.3. The first kappa shape index (κ1) is 23.6. The summed E-state index contributed by atoms with van der Waals surface area (Å²) in [6, 6.07) is 0. The maximum Gasteiger partial charge on any atom is 0.135 e. The molecule has 1 aromatic heterocycles. The van der Waals surface area contributed by atoms with Crippen molar-refractivity contribution in [2.24, 2.45) is 5.92 Å². The number of anilines is 1. The van der Waals surface area contributed by atoms with Crippen LogP contribution in [0.5, 0.6) is 0 Å². The number of methoxy groups -OCH3 is 1. The van der Waals surface area contributed by atoms with Crippen LogP contribution >= 0.6 is 24.8 Å².